The van der Waals surface area contributed by atoms with E-state index >= 15 is 0 Å². The number of hydroxylamine groups is 2. The van der Waals surface area contributed by atoms with E-state index in [0.29, 0.717) is 6.04 Å². The predicted octanol–water partition coefficient (Wildman–Crippen LogP) is 4.08. The van der Waals surface area contributed by atoms with E-state index in [1.807, 2.05) is 24.2 Å². The largest absolute Gasteiger partial charge is 0.291 e. The lowest BCUT2D eigenvalue weighted by molar-refractivity contribution is -0.138. The first kappa shape index (κ1) is 13.1. The third kappa shape index (κ3) is 2.98. The molecule has 0 unspecified atom stereocenters. The van der Waals surface area contributed by atoms with Crippen LogP contribution in [0.4, 0.5) is 0 Å². The van der Waals surface area contributed by atoms with Crippen LogP contribution >= 0.6 is 0 Å². The summed E-state index contributed by atoms with van der Waals surface area (Å²) in [5.74, 6) is 0. The van der Waals surface area contributed by atoms with E-state index < -0.39 is 0 Å². The molecular formula is C18H19NO. The molecule has 1 saturated heterocycles. The lowest BCUT2D eigenvalue weighted by Crippen LogP contribution is -2.21. The molecule has 2 atom stereocenters. The fourth-order valence-corrected chi connectivity index (χ4v) is 2.54. The molecule has 2 heteroatoms. The van der Waals surface area contributed by atoms with Crippen molar-refractivity contribution < 1.29 is 4.84 Å². The van der Waals surface area contributed by atoms with E-state index in [1.54, 1.807) is 0 Å². The molecule has 0 N–H and O–H groups in total. The van der Waals surface area contributed by atoms with E-state index in [2.05, 4.69) is 60.7 Å². The number of nitrogens with zero attached hydrogens (tertiary/aromatic N) is 1. The average molecular weight is 265 g/mol. The van der Waals surface area contributed by atoms with Gasteiger partial charge in [-0.3, -0.25) is 4.84 Å². The summed E-state index contributed by atoms with van der Waals surface area (Å²) in [5.41, 5.74) is 2.47. The molecule has 1 aliphatic heterocycles. The fourth-order valence-electron chi connectivity index (χ4n) is 2.54. The van der Waals surface area contributed by atoms with Crippen LogP contribution < -0.4 is 0 Å². The Labute approximate surface area is 120 Å². The van der Waals surface area contributed by atoms with Gasteiger partial charge in [0.1, 0.15) is 6.10 Å². The van der Waals surface area contributed by atoms with Gasteiger partial charge < -0.3 is 0 Å². The Bertz CT molecular complexity index is 564. The molecule has 0 saturated carbocycles. The van der Waals surface area contributed by atoms with Crippen LogP contribution in [0.25, 0.3) is 6.08 Å². The molecule has 0 spiro atoms. The van der Waals surface area contributed by atoms with E-state index in [4.69, 9.17) is 4.84 Å². The van der Waals surface area contributed by atoms with Gasteiger partial charge in [0.05, 0.1) is 6.04 Å². The first-order valence-electron chi connectivity index (χ1n) is 7.01. The fraction of sp³-hybridized carbons (Fsp3) is 0.222. The lowest BCUT2D eigenvalue weighted by Gasteiger charge is -2.14. The van der Waals surface area contributed by atoms with Crippen LogP contribution in [0.15, 0.2) is 66.7 Å². The van der Waals surface area contributed by atoms with Crippen LogP contribution in [0.1, 0.15) is 23.7 Å². The molecule has 3 rings (SSSR count). The van der Waals surface area contributed by atoms with Gasteiger partial charge in [0.15, 0.2) is 0 Å². The maximum atomic E-state index is 5.93. The lowest BCUT2D eigenvalue weighted by atomic mass is 10.0. The van der Waals surface area contributed by atoms with Crippen molar-refractivity contribution in [2.45, 2.75) is 18.6 Å². The van der Waals surface area contributed by atoms with Crippen molar-refractivity contribution in [3.8, 4) is 0 Å². The number of rotatable bonds is 3. The van der Waals surface area contributed by atoms with Gasteiger partial charge in [0, 0.05) is 13.5 Å². The van der Waals surface area contributed by atoms with Crippen molar-refractivity contribution in [1.29, 1.82) is 0 Å². The third-order valence-corrected chi connectivity index (χ3v) is 3.70. The van der Waals surface area contributed by atoms with Crippen molar-refractivity contribution in [2.24, 2.45) is 0 Å². The van der Waals surface area contributed by atoms with Gasteiger partial charge in [-0.05, 0) is 11.1 Å². The molecular weight excluding hydrogens is 246 g/mol. The van der Waals surface area contributed by atoms with Crippen molar-refractivity contribution in [1.82, 2.24) is 5.06 Å². The summed E-state index contributed by atoms with van der Waals surface area (Å²) in [4.78, 5) is 5.93. The Morgan fingerprint density at radius 3 is 2.35 bits per heavy atom. The molecule has 0 amide bonds. The first-order chi connectivity index (χ1) is 9.83. The molecule has 102 valence electrons. The van der Waals surface area contributed by atoms with Gasteiger partial charge in [0.2, 0.25) is 0 Å². The highest BCUT2D eigenvalue weighted by atomic mass is 16.7. The minimum absolute atomic E-state index is 0.159. The minimum Gasteiger partial charge on any atom is -0.291 e. The normalized spacial score (nSPS) is 23.4. The summed E-state index contributed by atoms with van der Waals surface area (Å²) < 4.78 is 0. The molecule has 20 heavy (non-hydrogen) atoms. The third-order valence-electron chi connectivity index (χ3n) is 3.70. The highest BCUT2D eigenvalue weighted by Gasteiger charge is 2.29. The zero-order valence-corrected chi connectivity index (χ0v) is 11.6. The van der Waals surface area contributed by atoms with Gasteiger partial charge in [0.25, 0.3) is 0 Å². The van der Waals surface area contributed by atoms with Crippen molar-refractivity contribution in [3.05, 3.63) is 77.9 Å². The summed E-state index contributed by atoms with van der Waals surface area (Å²) in [5, 5.41) is 1.96. The second-order valence-corrected chi connectivity index (χ2v) is 5.12. The Morgan fingerprint density at radius 2 is 1.65 bits per heavy atom. The predicted molar refractivity (Wildman–Crippen MR) is 81.9 cm³/mol. The van der Waals surface area contributed by atoms with Crippen LogP contribution in [0.3, 0.4) is 0 Å². The van der Waals surface area contributed by atoms with Crippen LogP contribution in [-0.2, 0) is 4.84 Å². The molecule has 0 aliphatic carbocycles. The van der Waals surface area contributed by atoms with Crippen molar-refractivity contribution in [2.75, 3.05) is 7.05 Å². The van der Waals surface area contributed by atoms with Crippen LogP contribution in [0.2, 0.25) is 0 Å². The van der Waals surface area contributed by atoms with Gasteiger partial charge >= 0.3 is 0 Å². The molecule has 2 aromatic carbocycles. The van der Waals surface area contributed by atoms with Gasteiger partial charge in [-0.2, -0.15) is 5.06 Å². The molecule has 2 aromatic rings. The Hall–Kier alpha value is -1.90. The number of hydrogen-bond acceptors (Lipinski definition) is 2. The van der Waals surface area contributed by atoms with Gasteiger partial charge in [-0.25, -0.2) is 0 Å². The topological polar surface area (TPSA) is 12.5 Å². The molecule has 2 nitrogen and oxygen atoms in total. The Morgan fingerprint density at radius 1 is 1.00 bits per heavy atom. The number of benzene rings is 2. The number of likely N-dealkylation sites (N-methyl/N-ethyl adjacent to an activating group) is 1. The molecule has 0 bridgehead atoms. The van der Waals surface area contributed by atoms with E-state index in [0.717, 1.165) is 6.42 Å². The molecule has 1 aliphatic rings. The SMILES string of the molecule is CN1O[C@@H](c2ccccc2)C[C@@H]1/C=C/c1ccccc1. The molecule has 1 fully saturated rings. The maximum Gasteiger partial charge on any atom is 0.106 e. The van der Waals surface area contributed by atoms with Gasteiger partial charge in [-0.1, -0.05) is 72.8 Å². The summed E-state index contributed by atoms with van der Waals surface area (Å²) in [7, 11) is 2.00. The summed E-state index contributed by atoms with van der Waals surface area (Å²) in [6, 6.07) is 21.1. The first-order valence-corrected chi connectivity index (χ1v) is 7.01. The Balaban J connectivity index is 1.69. The Kier molecular flexibility index (Phi) is 3.95. The smallest absolute Gasteiger partial charge is 0.106 e. The number of hydrogen-bond donors (Lipinski definition) is 0. The van der Waals surface area contributed by atoms with Gasteiger partial charge in [-0.15, -0.1) is 0 Å². The average Bonchev–Trinajstić information content (AvgIpc) is 2.88. The maximum absolute atomic E-state index is 5.93. The quantitative estimate of drug-likeness (QED) is 0.829. The molecule has 0 radical (unpaired) electrons. The highest BCUT2D eigenvalue weighted by molar-refractivity contribution is 5.49. The molecule has 1 heterocycles. The van der Waals surface area contributed by atoms with Crippen LogP contribution in [0.5, 0.6) is 0 Å². The standard InChI is InChI=1S/C18H19NO/c1-19-17(13-12-15-8-4-2-5-9-15)14-18(20-19)16-10-6-3-7-11-16/h2-13,17-18H,14H2,1H3/b13-12+/t17-,18+/m0/s1. The second-order valence-electron chi connectivity index (χ2n) is 5.12. The van der Waals surface area contributed by atoms with E-state index in [1.165, 1.54) is 11.1 Å². The van der Waals surface area contributed by atoms with E-state index in [9.17, 15) is 0 Å². The minimum atomic E-state index is 0.159. The highest BCUT2D eigenvalue weighted by Crippen LogP contribution is 2.32. The second kappa shape index (κ2) is 6.04. The monoisotopic (exact) mass is 265 g/mol. The van der Waals surface area contributed by atoms with Crippen molar-refractivity contribution >= 4 is 6.08 Å². The van der Waals surface area contributed by atoms with E-state index in [-0.39, 0.29) is 6.10 Å². The zero-order valence-electron chi connectivity index (χ0n) is 11.6. The summed E-state index contributed by atoms with van der Waals surface area (Å²) in [6.07, 6.45) is 5.53. The van der Waals surface area contributed by atoms with Crippen LogP contribution in [-0.4, -0.2) is 18.2 Å². The molecule has 0 aromatic heterocycles. The zero-order chi connectivity index (χ0) is 13.8. The summed E-state index contributed by atoms with van der Waals surface area (Å²) >= 11 is 0. The summed E-state index contributed by atoms with van der Waals surface area (Å²) in [6.45, 7) is 0. The van der Waals surface area contributed by atoms with Crippen LogP contribution in [0, 0.1) is 0 Å². The van der Waals surface area contributed by atoms with Crippen molar-refractivity contribution in [3.63, 3.8) is 0 Å².